The lowest BCUT2D eigenvalue weighted by atomic mass is 10.1. The molecule has 5 nitrogen and oxygen atoms in total. The van der Waals surface area contributed by atoms with E-state index in [9.17, 15) is 35.9 Å². The summed E-state index contributed by atoms with van der Waals surface area (Å²) in [6, 6.07) is 0.754. The first-order valence-corrected chi connectivity index (χ1v) is 8.93. The zero-order valence-electron chi connectivity index (χ0n) is 15.3. The maximum Gasteiger partial charge on any atom is 0.416 e. The van der Waals surface area contributed by atoms with Gasteiger partial charge in [-0.3, -0.25) is 9.59 Å². The monoisotopic (exact) mass is 426 g/mol. The normalized spacial score (nSPS) is 15.2. The summed E-state index contributed by atoms with van der Waals surface area (Å²) >= 11 is 0. The number of benzene rings is 1. The minimum absolute atomic E-state index is 0.00603. The molecule has 2 amide bonds. The van der Waals surface area contributed by atoms with Crippen molar-refractivity contribution in [2.24, 2.45) is 0 Å². The molecule has 0 atom stereocenters. The van der Waals surface area contributed by atoms with Crippen LogP contribution in [0.4, 0.5) is 26.3 Å². The van der Waals surface area contributed by atoms with E-state index in [0.29, 0.717) is 25.2 Å². The van der Waals surface area contributed by atoms with Gasteiger partial charge in [-0.2, -0.15) is 26.3 Å². The third kappa shape index (κ3) is 7.13. The summed E-state index contributed by atoms with van der Waals surface area (Å²) < 4.78 is 81.6. The van der Waals surface area contributed by atoms with E-state index < -0.39 is 41.7 Å². The van der Waals surface area contributed by atoms with Crippen molar-refractivity contribution in [1.82, 2.24) is 10.2 Å². The molecule has 2 rings (SSSR count). The van der Waals surface area contributed by atoms with Gasteiger partial charge >= 0.3 is 12.4 Å². The third-order valence-electron chi connectivity index (χ3n) is 4.30. The molecule has 1 aromatic rings. The molecule has 1 saturated heterocycles. The molecular weight excluding hydrogens is 406 g/mol. The number of nitrogens with one attached hydrogen (secondary N) is 1. The van der Waals surface area contributed by atoms with Crippen LogP contribution in [0.5, 0.6) is 5.75 Å². The highest BCUT2D eigenvalue weighted by molar-refractivity contribution is 5.80. The van der Waals surface area contributed by atoms with Crippen LogP contribution in [0.1, 0.15) is 36.8 Å². The Labute approximate surface area is 163 Å². The first-order chi connectivity index (χ1) is 13.5. The largest absolute Gasteiger partial charge is 0.484 e. The Kier molecular flexibility index (Phi) is 7.37. The molecule has 1 heterocycles. The molecule has 0 bridgehead atoms. The number of halogens is 6. The molecule has 1 N–H and O–H groups in total. The topological polar surface area (TPSA) is 58.6 Å². The minimum Gasteiger partial charge on any atom is -0.484 e. The number of likely N-dealkylation sites (tertiary alicyclic amines) is 1. The number of hydrogen-bond donors (Lipinski definition) is 1. The van der Waals surface area contributed by atoms with Gasteiger partial charge in [-0.25, -0.2) is 0 Å². The molecular formula is C18H20F6N2O3. The number of piperidine rings is 1. The van der Waals surface area contributed by atoms with Gasteiger partial charge in [-0.15, -0.1) is 0 Å². The summed E-state index contributed by atoms with van der Waals surface area (Å²) in [7, 11) is 0. The molecule has 162 valence electrons. The molecule has 0 radical (unpaired) electrons. The van der Waals surface area contributed by atoms with Gasteiger partial charge in [-0.05, 0) is 37.5 Å². The third-order valence-corrected chi connectivity index (χ3v) is 4.30. The molecule has 0 aliphatic carbocycles. The van der Waals surface area contributed by atoms with Gasteiger partial charge < -0.3 is 15.0 Å². The Morgan fingerprint density at radius 3 is 2.00 bits per heavy atom. The molecule has 1 aromatic carbocycles. The number of hydrogen-bond acceptors (Lipinski definition) is 3. The lowest BCUT2D eigenvalue weighted by Crippen LogP contribution is -2.38. The second kappa shape index (κ2) is 9.36. The summed E-state index contributed by atoms with van der Waals surface area (Å²) in [5.41, 5.74) is -3.07. The number of ether oxygens (including phenoxy) is 1. The zero-order valence-corrected chi connectivity index (χ0v) is 15.3. The summed E-state index contributed by atoms with van der Waals surface area (Å²) in [5.74, 6) is -1.62. The van der Waals surface area contributed by atoms with Crippen LogP contribution in [-0.4, -0.2) is 43.0 Å². The lowest BCUT2D eigenvalue weighted by molar-refractivity contribution is -0.143. The summed E-state index contributed by atoms with van der Waals surface area (Å²) in [5, 5.41) is 2.36. The van der Waals surface area contributed by atoms with Gasteiger partial charge in [0, 0.05) is 26.1 Å². The lowest BCUT2D eigenvalue weighted by Gasteiger charge is -2.26. The molecule has 0 spiro atoms. The predicted octanol–water partition coefficient (Wildman–Crippen LogP) is 3.62. The van der Waals surface area contributed by atoms with E-state index in [-0.39, 0.29) is 24.9 Å². The Balaban J connectivity index is 1.88. The number of alkyl halides is 6. The van der Waals surface area contributed by atoms with Gasteiger partial charge in [-0.1, -0.05) is 0 Å². The number of carbonyl (C=O) groups is 2. The van der Waals surface area contributed by atoms with Gasteiger partial charge in [0.05, 0.1) is 11.1 Å². The number of rotatable bonds is 6. The number of amides is 2. The van der Waals surface area contributed by atoms with E-state index in [0.717, 1.165) is 19.3 Å². The van der Waals surface area contributed by atoms with Crippen molar-refractivity contribution < 1.29 is 40.7 Å². The van der Waals surface area contributed by atoms with Gasteiger partial charge in [0.25, 0.3) is 5.91 Å². The standard InChI is InChI=1S/C18H20F6N2O3/c19-17(20,21)12-8-13(18(22,23)24)10-14(9-12)29-11-15(27)25-5-4-16(28)26-6-2-1-3-7-26/h8-10H,1-7,11H2,(H,25,27). The van der Waals surface area contributed by atoms with Crippen LogP contribution in [0.15, 0.2) is 18.2 Å². The van der Waals surface area contributed by atoms with E-state index in [4.69, 9.17) is 4.74 Å². The Hall–Kier alpha value is -2.46. The van der Waals surface area contributed by atoms with Crippen molar-refractivity contribution in [1.29, 1.82) is 0 Å². The average Bonchev–Trinajstić information content (AvgIpc) is 2.65. The summed E-state index contributed by atoms with van der Waals surface area (Å²) in [6.45, 7) is 0.532. The van der Waals surface area contributed by atoms with Crippen LogP contribution < -0.4 is 10.1 Å². The van der Waals surface area contributed by atoms with Crippen molar-refractivity contribution in [2.75, 3.05) is 26.2 Å². The predicted molar refractivity (Wildman–Crippen MR) is 90.0 cm³/mol. The Morgan fingerprint density at radius 1 is 0.931 bits per heavy atom. The minimum atomic E-state index is -5.00. The quantitative estimate of drug-likeness (QED) is 0.707. The molecule has 0 saturated carbocycles. The molecule has 0 aromatic heterocycles. The SMILES string of the molecule is O=C(COc1cc(C(F)(F)F)cc(C(F)(F)F)c1)NCCC(=O)N1CCCCC1. The van der Waals surface area contributed by atoms with Crippen LogP contribution in [0, 0.1) is 0 Å². The van der Waals surface area contributed by atoms with Crippen molar-refractivity contribution in [3.05, 3.63) is 29.3 Å². The van der Waals surface area contributed by atoms with Crippen molar-refractivity contribution in [3.63, 3.8) is 0 Å². The highest BCUT2D eigenvalue weighted by Crippen LogP contribution is 2.38. The van der Waals surface area contributed by atoms with Crippen molar-refractivity contribution in [3.8, 4) is 5.75 Å². The number of carbonyl (C=O) groups excluding carboxylic acids is 2. The molecule has 29 heavy (non-hydrogen) atoms. The molecule has 0 unspecified atom stereocenters. The fourth-order valence-electron chi connectivity index (χ4n) is 2.82. The second-order valence-electron chi connectivity index (χ2n) is 6.57. The fourth-order valence-corrected chi connectivity index (χ4v) is 2.82. The van der Waals surface area contributed by atoms with Crippen LogP contribution in [0.3, 0.4) is 0 Å². The zero-order chi connectivity index (χ0) is 21.7. The Morgan fingerprint density at radius 2 is 1.48 bits per heavy atom. The first-order valence-electron chi connectivity index (χ1n) is 8.93. The molecule has 1 fully saturated rings. The maximum absolute atomic E-state index is 12.8. The van der Waals surface area contributed by atoms with Gasteiger partial charge in [0.15, 0.2) is 6.61 Å². The van der Waals surface area contributed by atoms with Gasteiger partial charge in [0.1, 0.15) is 5.75 Å². The van der Waals surface area contributed by atoms with Crippen LogP contribution in [0.25, 0.3) is 0 Å². The highest BCUT2D eigenvalue weighted by atomic mass is 19.4. The van der Waals surface area contributed by atoms with Crippen molar-refractivity contribution in [2.45, 2.75) is 38.0 Å². The summed E-state index contributed by atoms with van der Waals surface area (Å²) in [6.07, 6.45) is -7.06. The first kappa shape index (κ1) is 22.8. The van der Waals surface area contributed by atoms with Crippen LogP contribution in [0.2, 0.25) is 0 Å². The fraction of sp³-hybridized carbons (Fsp3) is 0.556. The second-order valence-corrected chi connectivity index (χ2v) is 6.57. The molecule has 1 aliphatic rings. The molecule has 1 aliphatic heterocycles. The van der Waals surface area contributed by atoms with E-state index in [2.05, 4.69) is 5.32 Å². The van der Waals surface area contributed by atoms with E-state index in [1.165, 1.54) is 0 Å². The van der Waals surface area contributed by atoms with E-state index in [1.54, 1.807) is 4.90 Å². The maximum atomic E-state index is 12.8. The average molecular weight is 426 g/mol. The number of nitrogens with zero attached hydrogens (tertiary/aromatic N) is 1. The highest BCUT2D eigenvalue weighted by Gasteiger charge is 2.37. The smallest absolute Gasteiger partial charge is 0.416 e. The van der Waals surface area contributed by atoms with Crippen LogP contribution >= 0.6 is 0 Å². The van der Waals surface area contributed by atoms with Crippen LogP contribution in [-0.2, 0) is 21.9 Å². The van der Waals surface area contributed by atoms with E-state index >= 15 is 0 Å². The Bertz CT molecular complexity index is 695. The summed E-state index contributed by atoms with van der Waals surface area (Å²) in [4.78, 5) is 25.4. The van der Waals surface area contributed by atoms with E-state index in [1.807, 2.05) is 0 Å². The molecule has 11 heteroatoms. The van der Waals surface area contributed by atoms with Gasteiger partial charge in [0.2, 0.25) is 5.91 Å². The van der Waals surface area contributed by atoms with Crippen molar-refractivity contribution >= 4 is 11.8 Å².